The van der Waals surface area contributed by atoms with Crippen LogP contribution in [0.3, 0.4) is 0 Å². The van der Waals surface area contributed by atoms with Crippen molar-refractivity contribution in [1.29, 1.82) is 5.26 Å². The molecule has 0 aromatic carbocycles. The number of halogens is 1. The van der Waals surface area contributed by atoms with E-state index in [-0.39, 0.29) is 5.41 Å². The molecule has 14 heavy (non-hydrogen) atoms. The number of anilines is 1. The van der Waals surface area contributed by atoms with E-state index < -0.39 is 0 Å². The number of nitrogens with zero attached hydrogens (tertiary/aromatic N) is 1. The van der Waals surface area contributed by atoms with Crippen molar-refractivity contribution in [1.82, 2.24) is 0 Å². The van der Waals surface area contributed by atoms with E-state index in [4.69, 9.17) is 21.6 Å². The number of nitriles is 1. The molecular formula is C9H9ClN2OS. The lowest BCUT2D eigenvalue weighted by atomic mass is 9.88. The quantitative estimate of drug-likeness (QED) is 0.864. The molecule has 0 spiro atoms. The molecule has 1 aliphatic heterocycles. The summed E-state index contributed by atoms with van der Waals surface area (Å²) in [5.74, 6) is 0. The first-order valence-corrected chi connectivity index (χ1v) is 5.42. The van der Waals surface area contributed by atoms with Crippen LogP contribution in [0.25, 0.3) is 0 Å². The minimum absolute atomic E-state index is 0.337. The third-order valence-corrected chi connectivity index (χ3v) is 3.36. The first-order valence-electron chi connectivity index (χ1n) is 4.22. The number of nitrogens with one attached hydrogen (secondary N) is 1. The monoisotopic (exact) mass is 228 g/mol. The van der Waals surface area contributed by atoms with E-state index in [9.17, 15) is 0 Å². The predicted octanol–water partition coefficient (Wildman–Crippen LogP) is 2.35. The van der Waals surface area contributed by atoms with Gasteiger partial charge in [-0.05, 0) is 12.1 Å². The number of rotatable bonds is 3. The van der Waals surface area contributed by atoms with Gasteiger partial charge in [0, 0.05) is 6.54 Å². The molecule has 1 aromatic heterocycles. The minimum atomic E-state index is -0.337. The van der Waals surface area contributed by atoms with Gasteiger partial charge in [-0.25, -0.2) is 0 Å². The van der Waals surface area contributed by atoms with Gasteiger partial charge in [0.05, 0.1) is 28.6 Å². The lowest BCUT2D eigenvalue weighted by Crippen LogP contribution is -2.46. The van der Waals surface area contributed by atoms with E-state index in [1.165, 1.54) is 11.3 Å². The zero-order valence-electron chi connectivity index (χ0n) is 7.42. The lowest BCUT2D eigenvalue weighted by Gasteiger charge is -2.34. The zero-order chi connectivity index (χ0) is 10.0. The van der Waals surface area contributed by atoms with Crippen molar-refractivity contribution < 1.29 is 4.74 Å². The number of hydrogen-bond acceptors (Lipinski definition) is 4. The molecule has 0 amide bonds. The van der Waals surface area contributed by atoms with Crippen LogP contribution in [0.15, 0.2) is 12.1 Å². The molecule has 2 rings (SSSR count). The van der Waals surface area contributed by atoms with E-state index >= 15 is 0 Å². The maximum absolute atomic E-state index is 8.93. The van der Waals surface area contributed by atoms with Gasteiger partial charge in [0.15, 0.2) is 0 Å². The Hall–Kier alpha value is -0.760. The van der Waals surface area contributed by atoms with Crippen LogP contribution in [0.4, 0.5) is 5.00 Å². The van der Waals surface area contributed by atoms with Gasteiger partial charge in [-0.15, -0.1) is 11.3 Å². The summed E-state index contributed by atoms with van der Waals surface area (Å²) in [6.07, 6.45) is 0. The Kier molecular flexibility index (Phi) is 2.64. The standard InChI is InChI=1S/C9H9ClN2OS/c10-7-1-2-8(14-7)12-4-9(3-11)5-13-6-9/h1-2,12H,4-6H2. The molecule has 0 saturated carbocycles. The maximum Gasteiger partial charge on any atom is 0.121 e. The minimum Gasteiger partial charge on any atom is -0.378 e. The Morgan fingerprint density at radius 2 is 2.43 bits per heavy atom. The van der Waals surface area contributed by atoms with Crippen LogP contribution in [0.2, 0.25) is 4.34 Å². The number of hydrogen-bond donors (Lipinski definition) is 1. The molecular weight excluding hydrogens is 220 g/mol. The first-order chi connectivity index (χ1) is 6.74. The number of thiophene rings is 1. The van der Waals surface area contributed by atoms with Crippen molar-refractivity contribution in [2.75, 3.05) is 25.1 Å². The summed E-state index contributed by atoms with van der Waals surface area (Å²) in [7, 11) is 0. The highest BCUT2D eigenvalue weighted by Gasteiger charge is 2.38. The molecule has 2 heterocycles. The van der Waals surface area contributed by atoms with Crippen LogP contribution in [-0.2, 0) is 4.74 Å². The molecule has 1 aromatic rings. The maximum atomic E-state index is 8.93. The molecule has 1 fully saturated rings. The van der Waals surface area contributed by atoms with Crippen molar-refractivity contribution in [2.45, 2.75) is 0 Å². The molecule has 1 saturated heterocycles. The molecule has 1 aliphatic rings. The number of ether oxygens (including phenoxy) is 1. The normalized spacial score (nSPS) is 18.3. The first kappa shape index (κ1) is 9.78. The Bertz CT molecular complexity index is 367. The smallest absolute Gasteiger partial charge is 0.121 e. The Morgan fingerprint density at radius 3 is 2.86 bits per heavy atom. The van der Waals surface area contributed by atoms with Gasteiger partial charge >= 0.3 is 0 Å². The van der Waals surface area contributed by atoms with Gasteiger partial charge in [0.2, 0.25) is 0 Å². The van der Waals surface area contributed by atoms with Gasteiger partial charge < -0.3 is 10.1 Å². The summed E-state index contributed by atoms with van der Waals surface area (Å²) < 4.78 is 5.79. The molecule has 0 aliphatic carbocycles. The fraction of sp³-hybridized carbons (Fsp3) is 0.444. The average Bonchev–Trinajstić information content (AvgIpc) is 2.50. The summed E-state index contributed by atoms with van der Waals surface area (Å²) >= 11 is 7.26. The predicted molar refractivity (Wildman–Crippen MR) is 56.7 cm³/mol. The molecule has 0 unspecified atom stereocenters. The second-order valence-corrected chi connectivity index (χ2v) is 5.06. The van der Waals surface area contributed by atoms with Gasteiger partial charge in [0.25, 0.3) is 0 Å². The third-order valence-electron chi connectivity index (χ3n) is 2.17. The van der Waals surface area contributed by atoms with Crippen molar-refractivity contribution in [3.8, 4) is 6.07 Å². The van der Waals surface area contributed by atoms with Crippen LogP contribution >= 0.6 is 22.9 Å². The SMILES string of the molecule is N#CC1(CNc2ccc(Cl)s2)COC1. The summed E-state index contributed by atoms with van der Waals surface area (Å²) in [5, 5.41) is 13.1. The van der Waals surface area contributed by atoms with Crippen molar-refractivity contribution in [2.24, 2.45) is 5.41 Å². The molecule has 0 bridgehead atoms. The molecule has 3 nitrogen and oxygen atoms in total. The van der Waals surface area contributed by atoms with Gasteiger partial charge in [-0.3, -0.25) is 0 Å². The Morgan fingerprint density at radius 1 is 1.64 bits per heavy atom. The van der Waals surface area contributed by atoms with E-state index in [0.29, 0.717) is 19.8 Å². The summed E-state index contributed by atoms with van der Waals surface area (Å²) in [6.45, 7) is 1.67. The molecule has 1 N–H and O–H groups in total. The van der Waals surface area contributed by atoms with Crippen molar-refractivity contribution in [3.63, 3.8) is 0 Å². The highest BCUT2D eigenvalue weighted by atomic mass is 35.5. The summed E-state index contributed by atoms with van der Waals surface area (Å²) in [5.41, 5.74) is -0.337. The van der Waals surface area contributed by atoms with Crippen LogP contribution in [0, 0.1) is 16.7 Å². The second-order valence-electron chi connectivity index (χ2n) is 3.34. The summed E-state index contributed by atoms with van der Waals surface area (Å²) in [4.78, 5) is 0. The largest absolute Gasteiger partial charge is 0.378 e. The van der Waals surface area contributed by atoms with Crippen LogP contribution in [0.1, 0.15) is 0 Å². The third kappa shape index (κ3) is 1.85. The zero-order valence-corrected chi connectivity index (χ0v) is 8.99. The molecule has 0 atom stereocenters. The van der Waals surface area contributed by atoms with Crippen molar-refractivity contribution >= 4 is 27.9 Å². The van der Waals surface area contributed by atoms with Crippen LogP contribution < -0.4 is 5.32 Å². The highest BCUT2D eigenvalue weighted by Crippen LogP contribution is 2.30. The van der Waals surface area contributed by atoms with Gasteiger partial charge in [0.1, 0.15) is 5.41 Å². The van der Waals surface area contributed by atoms with Crippen molar-refractivity contribution in [3.05, 3.63) is 16.5 Å². The summed E-state index contributed by atoms with van der Waals surface area (Å²) in [6, 6.07) is 6.03. The fourth-order valence-electron chi connectivity index (χ4n) is 1.22. The average molecular weight is 229 g/mol. The highest BCUT2D eigenvalue weighted by molar-refractivity contribution is 7.19. The van der Waals surface area contributed by atoms with E-state index in [1.807, 2.05) is 12.1 Å². The van der Waals surface area contributed by atoms with Crippen LogP contribution in [0.5, 0.6) is 0 Å². The van der Waals surface area contributed by atoms with Gasteiger partial charge in [-0.1, -0.05) is 11.6 Å². The van der Waals surface area contributed by atoms with E-state index in [0.717, 1.165) is 9.34 Å². The van der Waals surface area contributed by atoms with Gasteiger partial charge in [-0.2, -0.15) is 5.26 Å². The lowest BCUT2D eigenvalue weighted by molar-refractivity contribution is -0.0690. The molecule has 5 heteroatoms. The Labute approximate surface area is 91.2 Å². The molecule has 0 radical (unpaired) electrons. The van der Waals surface area contributed by atoms with Crippen LogP contribution in [-0.4, -0.2) is 19.8 Å². The topological polar surface area (TPSA) is 45.0 Å². The fourth-order valence-corrected chi connectivity index (χ4v) is 2.16. The Balaban J connectivity index is 1.91. The second kappa shape index (κ2) is 3.77. The van der Waals surface area contributed by atoms with E-state index in [2.05, 4.69) is 11.4 Å². The van der Waals surface area contributed by atoms with E-state index in [1.54, 1.807) is 0 Å². The molecule has 74 valence electrons.